The number of hydrogen-bond donors (Lipinski definition) is 2. The van der Waals surface area contributed by atoms with Crippen molar-refractivity contribution in [2.24, 2.45) is 5.73 Å². The smallest absolute Gasteiger partial charge is 0.457 e. The Bertz CT molecular complexity index is 885. The Morgan fingerprint density at radius 1 is 0.674 bits per heavy atom. The Kier molecular flexibility index (Phi) is 33.2. The third kappa shape index (κ3) is 33.6. The maximum Gasteiger partial charge on any atom is 0.472 e. The van der Waals surface area contributed by atoms with E-state index in [9.17, 15) is 14.3 Å². The second-order valence-electron chi connectivity index (χ2n) is 11.4. The van der Waals surface area contributed by atoms with Gasteiger partial charge >= 0.3 is 13.8 Å². The number of carbonyl (C=O) groups excluding carboxylic acids is 1. The molecule has 3 N–H and O–H groups in total. The molecule has 0 aromatic heterocycles. The molecule has 0 bridgehead atoms. The van der Waals surface area contributed by atoms with E-state index in [0.717, 1.165) is 51.4 Å². The fourth-order valence-electron chi connectivity index (χ4n) is 4.38. The van der Waals surface area contributed by atoms with E-state index in [0.29, 0.717) is 13.0 Å². The van der Waals surface area contributed by atoms with Gasteiger partial charge in [-0.1, -0.05) is 132 Å². The molecule has 2 atom stereocenters. The molecule has 0 heterocycles. The Hall–Kier alpha value is -1.80. The van der Waals surface area contributed by atoms with Gasteiger partial charge in [0.25, 0.3) is 0 Å². The van der Waals surface area contributed by atoms with Crippen LogP contribution in [0.4, 0.5) is 0 Å². The highest BCUT2D eigenvalue weighted by atomic mass is 31.2. The van der Waals surface area contributed by atoms with Crippen molar-refractivity contribution in [1.82, 2.24) is 0 Å². The Balaban J connectivity index is 4.25. The molecule has 266 valence electrons. The molecule has 0 saturated carbocycles. The maximum absolute atomic E-state index is 12.5. The normalized spacial score (nSPS) is 14.4. The first-order valence-electron chi connectivity index (χ1n) is 17.8. The first-order valence-corrected chi connectivity index (χ1v) is 19.3. The van der Waals surface area contributed by atoms with E-state index in [1.165, 1.54) is 51.4 Å². The van der Waals surface area contributed by atoms with Crippen molar-refractivity contribution in [3.8, 4) is 0 Å². The van der Waals surface area contributed by atoms with E-state index in [2.05, 4.69) is 74.6 Å². The molecule has 0 aliphatic heterocycles. The monoisotopic (exact) mass is 667 g/mol. The third-order valence-corrected chi connectivity index (χ3v) is 7.93. The molecule has 46 heavy (non-hydrogen) atoms. The minimum Gasteiger partial charge on any atom is -0.457 e. The molecule has 0 spiro atoms. The number of allylic oxidation sites excluding steroid dienone is 10. The van der Waals surface area contributed by atoms with Gasteiger partial charge in [-0.3, -0.25) is 13.8 Å². The Labute approximate surface area is 281 Å². The van der Waals surface area contributed by atoms with Gasteiger partial charge in [-0.05, 0) is 51.4 Å². The highest BCUT2D eigenvalue weighted by Gasteiger charge is 2.25. The summed E-state index contributed by atoms with van der Waals surface area (Å²) < 4.78 is 33.1. The molecule has 9 heteroatoms. The number of rotatable bonds is 33. The number of carbonyl (C=O) groups is 1. The van der Waals surface area contributed by atoms with Gasteiger partial charge in [-0.25, -0.2) is 4.57 Å². The fraction of sp³-hybridized carbons (Fsp3) is 0.703. The van der Waals surface area contributed by atoms with E-state index in [1.807, 2.05) is 0 Å². The SMILES string of the molecule is CC/C=C\C/C=C\C/C=C\C/C=C\C/C=C\CCCC(=O)OC(COCCCCCCCCCCCC)COP(=O)(O)OCCN. The van der Waals surface area contributed by atoms with Crippen LogP contribution in [0.3, 0.4) is 0 Å². The van der Waals surface area contributed by atoms with Crippen molar-refractivity contribution in [2.75, 3.05) is 33.0 Å². The summed E-state index contributed by atoms with van der Waals surface area (Å²) in [6.45, 7) is 4.69. The predicted octanol–water partition coefficient (Wildman–Crippen LogP) is 9.85. The molecule has 0 aliphatic rings. The van der Waals surface area contributed by atoms with Crippen LogP contribution in [0.5, 0.6) is 0 Å². The summed E-state index contributed by atoms with van der Waals surface area (Å²) in [6, 6.07) is 0. The zero-order valence-electron chi connectivity index (χ0n) is 29.0. The minimum absolute atomic E-state index is 0.0895. The number of ether oxygens (including phenoxy) is 2. The number of phosphoric ester groups is 1. The summed E-state index contributed by atoms with van der Waals surface area (Å²) >= 11 is 0. The quantitative estimate of drug-likeness (QED) is 0.0307. The number of esters is 1. The summed E-state index contributed by atoms with van der Waals surface area (Å²) in [5.74, 6) is -0.390. The molecule has 0 radical (unpaired) electrons. The van der Waals surface area contributed by atoms with E-state index in [1.54, 1.807) is 0 Å². The topological polar surface area (TPSA) is 117 Å². The van der Waals surface area contributed by atoms with Crippen molar-refractivity contribution in [1.29, 1.82) is 0 Å². The van der Waals surface area contributed by atoms with Crippen LogP contribution >= 0.6 is 7.82 Å². The van der Waals surface area contributed by atoms with Crippen LogP contribution < -0.4 is 5.73 Å². The lowest BCUT2D eigenvalue weighted by atomic mass is 10.1. The first kappa shape index (κ1) is 44.2. The van der Waals surface area contributed by atoms with Crippen LogP contribution in [-0.2, 0) is 27.9 Å². The molecule has 8 nitrogen and oxygen atoms in total. The van der Waals surface area contributed by atoms with Crippen LogP contribution in [-0.4, -0.2) is 49.9 Å². The van der Waals surface area contributed by atoms with Crippen molar-refractivity contribution >= 4 is 13.8 Å². The average Bonchev–Trinajstić information content (AvgIpc) is 3.04. The van der Waals surface area contributed by atoms with Gasteiger partial charge in [0.1, 0.15) is 6.10 Å². The van der Waals surface area contributed by atoms with Gasteiger partial charge in [0.2, 0.25) is 0 Å². The lowest BCUT2D eigenvalue weighted by Crippen LogP contribution is -2.28. The second-order valence-corrected chi connectivity index (χ2v) is 12.8. The molecule has 0 rings (SSSR count). The van der Waals surface area contributed by atoms with Crippen LogP contribution in [0, 0.1) is 0 Å². The Morgan fingerprint density at radius 2 is 1.20 bits per heavy atom. The molecule has 0 amide bonds. The van der Waals surface area contributed by atoms with E-state index in [4.69, 9.17) is 24.3 Å². The van der Waals surface area contributed by atoms with Gasteiger partial charge in [-0.15, -0.1) is 0 Å². The first-order chi connectivity index (χ1) is 22.4. The van der Waals surface area contributed by atoms with Gasteiger partial charge in [0.05, 0.1) is 19.8 Å². The molecule has 0 fully saturated rings. The molecule has 0 aromatic carbocycles. The van der Waals surface area contributed by atoms with E-state index >= 15 is 0 Å². The van der Waals surface area contributed by atoms with Crippen molar-refractivity contribution in [3.63, 3.8) is 0 Å². The average molecular weight is 668 g/mol. The van der Waals surface area contributed by atoms with Crippen LogP contribution in [0.2, 0.25) is 0 Å². The lowest BCUT2D eigenvalue weighted by Gasteiger charge is -2.20. The summed E-state index contributed by atoms with van der Waals surface area (Å²) in [6.07, 6.45) is 39.5. The van der Waals surface area contributed by atoms with Gasteiger partial charge in [-0.2, -0.15) is 0 Å². The molecule has 2 unspecified atom stereocenters. The van der Waals surface area contributed by atoms with Crippen LogP contribution in [0.1, 0.15) is 129 Å². The molecule has 0 aromatic rings. The van der Waals surface area contributed by atoms with E-state index in [-0.39, 0.29) is 38.8 Å². The minimum atomic E-state index is -4.28. The van der Waals surface area contributed by atoms with Crippen molar-refractivity contribution < 1.29 is 32.8 Å². The molecular weight excluding hydrogens is 601 g/mol. The highest BCUT2D eigenvalue weighted by molar-refractivity contribution is 7.47. The second kappa shape index (κ2) is 34.5. The number of unbranched alkanes of at least 4 members (excludes halogenated alkanes) is 10. The molecule has 0 saturated heterocycles. The summed E-state index contributed by atoms with van der Waals surface area (Å²) in [5.41, 5.74) is 5.33. The summed E-state index contributed by atoms with van der Waals surface area (Å²) in [4.78, 5) is 22.3. The standard InChI is InChI=1S/C37H66NO7P/c1-3-5-7-9-11-13-15-16-17-18-19-20-21-22-24-26-28-30-37(39)45-36(35-44-46(40,41)43-33-31-38)34-42-32-29-27-25-23-14-12-10-8-6-4-2/h5,7,11,13,16-17,19-20,22,24,36H,3-4,6,8-10,12,14-15,18,21,23,25-35,38H2,1-2H3,(H,40,41)/b7-5-,13-11-,17-16-,20-19-,24-22-. The number of phosphoric acid groups is 1. The number of nitrogens with two attached hydrogens (primary N) is 1. The highest BCUT2D eigenvalue weighted by Crippen LogP contribution is 2.43. The lowest BCUT2D eigenvalue weighted by molar-refractivity contribution is -0.154. The third-order valence-electron chi connectivity index (χ3n) is 6.95. The van der Waals surface area contributed by atoms with Gasteiger partial charge in [0.15, 0.2) is 0 Å². The Morgan fingerprint density at radius 3 is 1.74 bits per heavy atom. The van der Waals surface area contributed by atoms with Crippen molar-refractivity contribution in [2.45, 2.75) is 136 Å². The number of hydrogen-bond acceptors (Lipinski definition) is 7. The van der Waals surface area contributed by atoms with Gasteiger partial charge < -0.3 is 20.1 Å². The zero-order chi connectivity index (χ0) is 33.8. The van der Waals surface area contributed by atoms with Gasteiger partial charge in [0, 0.05) is 19.6 Å². The summed E-state index contributed by atoms with van der Waals surface area (Å²) in [7, 11) is -4.28. The molecular formula is C37H66NO7P. The molecule has 0 aliphatic carbocycles. The largest absolute Gasteiger partial charge is 0.472 e. The fourth-order valence-corrected chi connectivity index (χ4v) is 5.15. The van der Waals surface area contributed by atoms with E-state index < -0.39 is 13.9 Å². The van der Waals surface area contributed by atoms with Crippen LogP contribution in [0.25, 0.3) is 0 Å². The summed E-state index contributed by atoms with van der Waals surface area (Å²) in [5, 5.41) is 0. The zero-order valence-corrected chi connectivity index (χ0v) is 29.9. The van der Waals surface area contributed by atoms with Crippen LogP contribution in [0.15, 0.2) is 60.8 Å². The van der Waals surface area contributed by atoms with Crippen molar-refractivity contribution in [3.05, 3.63) is 60.8 Å². The maximum atomic E-state index is 12.5. The predicted molar refractivity (Wildman–Crippen MR) is 192 cm³/mol.